The Morgan fingerprint density at radius 3 is 1.69 bits per heavy atom. The van der Waals surface area contributed by atoms with E-state index in [0.29, 0.717) is 23.9 Å². The Bertz CT molecular complexity index is 1300. The number of phosphoric acid groups is 1. The molecule has 1 rings (SSSR count). The molecule has 1 saturated heterocycles. The zero-order chi connectivity index (χ0) is 43.3. The van der Waals surface area contributed by atoms with Crippen molar-refractivity contribution >= 4 is 19.8 Å². The first kappa shape index (κ1) is 54.4. The van der Waals surface area contributed by atoms with E-state index in [-0.39, 0.29) is 38.3 Å². The topological polar surface area (TPSA) is 121 Å². The number of quaternary nitrogens is 1. The number of allylic oxidation sites excluding steroid dienone is 11. The number of phosphoric ester groups is 1. The van der Waals surface area contributed by atoms with E-state index in [2.05, 4.69) is 86.8 Å². The van der Waals surface area contributed by atoms with Crippen molar-refractivity contribution in [2.45, 2.75) is 173 Å². The van der Waals surface area contributed by atoms with Gasteiger partial charge < -0.3 is 23.6 Å². The number of epoxide rings is 1. The summed E-state index contributed by atoms with van der Waals surface area (Å²) in [4.78, 5) is 35.5. The number of carbonyl (C=O) groups is 2. The van der Waals surface area contributed by atoms with Crippen molar-refractivity contribution in [3.63, 3.8) is 0 Å². The van der Waals surface area contributed by atoms with Gasteiger partial charge in [0.05, 0.1) is 40.0 Å². The van der Waals surface area contributed by atoms with Crippen LogP contribution in [0.5, 0.6) is 0 Å². The van der Waals surface area contributed by atoms with Crippen LogP contribution in [-0.4, -0.2) is 87.1 Å². The second kappa shape index (κ2) is 36.1. The third kappa shape index (κ3) is 36.9. The van der Waals surface area contributed by atoms with E-state index in [1.165, 1.54) is 44.9 Å². The largest absolute Gasteiger partial charge is 0.472 e. The molecule has 3 unspecified atom stereocenters. The highest BCUT2D eigenvalue weighted by atomic mass is 31.2. The zero-order valence-corrected chi connectivity index (χ0v) is 38.5. The molecule has 10 nitrogen and oxygen atoms in total. The van der Waals surface area contributed by atoms with Crippen molar-refractivity contribution in [2.75, 3.05) is 47.5 Å². The molecule has 0 aromatic carbocycles. The molecule has 0 aromatic heterocycles. The zero-order valence-electron chi connectivity index (χ0n) is 37.7. The van der Waals surface area contributed by atoms with Crippen molar-refractivity contribution < 1.29 is 46.8 Å². The Balaban J connectivity index is 2.36. The van der Waals surface area contributed by atoms with Gasteiger partial charge in [0.2, 0.25) is 0 Å². The van der Waals surface area contributed by atoms with Crippen LogP contribution in [0.25, 0.3) is 0 Å². The van der Waals surface area contributed by atoms with E-state index >= 15 is 0 Å². The Kier molecular flexibility index (Phi) is 33.3. The van der Waals surface area contributed by atoms with Gasteiger partial charge in [-0.3, -0.25) is 18.6 Å². The number of nitrogens with zero attached hydrogens (tertiary/aromatic N) is 1. The lowest BCUT2D eigenvalue weighted by atomic mass is 10.1. The fourth-order valence-corrected chi connectivity index (χ4v) is 6.67. The van der Waals surface area contributed by atoms with Gasteiger partial charge in [-0.1, -0.05) is 125 Å². The molecule has 0 amide bonds. The van der Waals surface area contributed by atoms with Crippen molar-refractivity contribution in [1.29, 1.82) is 0 Å². The van der Waals surface area contributed by atoms with Crippen LogP contribution in [0.15, 0.2) is 72.9 Å². The first-order valence-corrected chi connectivity index (χ1v) is 24.3. The summed E-state index contributed by atoms with van der Waals surface area (Å²) in [5.41, 5.74) is 0. The highest BCUT2D eigenvalue weighted by molar-refractivity contribution is 7.47. The molecule has 338 valence electrons. The Hall–Kier alpha value is -2.59. The van der Waals surface area contributed by atoms with Crippen molar-refractivity contribution in [3.05, 3.63) is 72.9 Å². The van der Waals surface area contributed by atoms with Crippen LogP contribution < -0.4 is 0 Å². The van der Waals surface area contributed by atoms with Gasteiger partial charge in [-0.15, -0.1) is 0 Å². The van der Waals surface area contributed by atoms with Gasteiger partial charge in [0.25, 0.3) is 0 Å². The molecule has 1 heterocycles. The highest BCUT2D eigenvalue weighted by Crippen LogP contribution is 2.43. The van der Waals surface area contributed by atoms with Crippen LogP contribution >= 0.6 is 7.82 Å². The molecule has 0 spiro atoms. The molecule has 1 aliphatic heterocycles. The second-order valence-corrected chi connectivity index (χ2v) is 17.9. The van der Waals surface area contributed by atoms with E-state index in [4.69, 9.17) is 23.3 Å². The van der Waals surface area contributed by atoms with Gasteiger partial charge in [0.1, 0.15) is 19.8 Å². The lowest BCUT2D eigenvalue weighted by Gasteiger charge is -2.24. The fraction of sp³-hybridized carbons (Fsp3) is 0.708. The van der Waals surface area contributed by atoms with Gasteiger partial charge in [-0.05, 0) is 89.9 Å². The first-order chi connectivity index (χ1) is 28.5. The Morgan fingerprint density at radius 2 is 1.14 bits per heavy atom. The Morgan fingerprint density at radius 1 is 0.627 bits per heavy atom. The van der Waals surface area contributed by atoms with Gasteiger partial charge >= 0.3 is 19.8 Å². The SMILES string of the molecule is CCCCC/C=C\C/C=C\C/C=C\CCCCCCC(=O)OC[C@H](COP(=O)(O)OCC[N+](C)(C)C)OC(=O)CCCC1OC1C/C=C\C/C=C\C/C=C\CCCCC. The predicted molar refractivity (Wildman–Crippen MR) is 242 cm³/mol. The molecule has 0 saturated carbocycles. The quantitative estimate of drug-likeness (QED) is 0.0161. The summed E-state index contributed by atoms with van der Waals surface area (Å²) in [6, 6.07) is 0. The monoisotopic (exact) mass is 849 g/mol. The van der Waals surface area contributed by atoms with Gasteiger partial charge in [0.15, 0.2) is 6.10 Å². The van der Waals surface area contributed by atoms with Crippen molar-refractivity contribution in [2.24, 2.45) is 0 Å². The summed E-state index contributed by atoms with van der Waals surface area (Å²) >= 11 is 0. The smallest absolute Gasteiger partial charge is 0.462 e. The van der Waals surface area contributed by atoms with Crippen LogP contribution in [0.4, 0.5) is 0 Å². The molecule has 0 bridgehead atoms. The van der Waals surface area contributed by atoms with E-state index in [1.807, 2.05) is 21.1 Å². The molecule has 0 radical (unpaired) electrons. The summed E-state index contributed by atoms with van der Waals surface area (Å²) in [7, 11) is 1.40. The van der Waals surface area contributed by atoms with E-state index in [9.17, 15) is 19.0 Å². The number of likely N-dealkylation sites (N-methyl/N-ethyl adjacent to an activating group) is 1. The standard InChI is InChI=1S/C48H82NO9P/c1-6-8-10-12-14-16-18-20-21-22-23-24-26-28-30-32-34-38-47(50)54-42-44(43-56-59(52,53)55-41-40-49(3,4)5)57-48(51)39-35-37-46-45(58-46)36-33-31-29-27-25-19-17-15-13-11-9-7-2/h14-17,20-21,23-25,27,31,33,44-46H,6-13,18-19,22,26,28-30,32,34-43H2,1-5H3/p+1/b16-14-,17-15-,21-20-,24-23-,27-25-,33-31-/t44-,45?,46?/m1/s1. The number of hydrogen-bond donors (Lipinski definition) is 1. The molecular weight excluding hydrogens is 765 g/mol. The van der Waals surface area contributed by atoms with Crippen LogP contribution in [-0.2, 0) is 37.4 Å². The van der Waals surface area contributed by atoms with Crippen molar-refractivity contribution in [1.82, 2.24) is 0 Å². The number of esters is 2. The van der Waals surface area contributed by atoms with Crippen LogP contribution in [0.1, 0.15) is 155 Å². The average Bonchev–Trinajstić information content (AvgIpc) is 3.94. The lowest BCUT2D eigenvalue weighted by molar-refractivity contribution is -0.870. The number of unbranched alkanes of at least 4 members (excludes halogenated alkanes) is 10. The molecule has 0 aromatic rings. The minimum atomic E-state index is -4.41. The van der Waals surface area contributed by atoms with Crippen LogP contribution in [0.3, 0.4) is 0 Å². The van der Waals surface area contributed by atoms with Crippen molar-refractivity contribution in [3.8, 4) is 0 Å². The Labute approximate surface area is 359 Å². The minimum absolute atomic E-state index is 0.00983. The molecule has 11 heteroatoms. The van der Waals surface area contributed by atoms with E-state index in [1.54, 1.807) is 0 Å². The van der Waals surface area contributed by atoms with Gasteiger partial charge in [-0.25, -0.2) is 4.57 Å². The molecule has 4 atom stereocenters. The summed E-state index contributed by atoms with van der Waals surface area (Å²) in [5.74, 6) is -0.907. The normalized spacial score (nSPS) is 17.7. The number of ether oxygens (including phenoxy) is 3. The number of hydrogen-bond acceptors (Lipinski definition) is 8. The van der Waals surface area contributed by atoms with Gasteiger partial charge in [-0.2, -0.15) is 0 Å². The maximum Gasteiger partial charge on any atom is 0.472 e. The first-order valence-electron chi connectivity index (χ1n) is 22.8. The lowest BCUT2D eigenvalue weighted by Crippen LogP contribution is -2.37. The maximum atomic E-state index is 12.8. The third-order valence-electron chi connectivity index (χ3n) is 9.63. The summed E-state index contributed by atoms with van der Waals surface area (Å²) in [6.07, 6.45) is 46.8. The average molecular weight is 849 g/mol. The molecule has 1 fully saturated rings. The predicted octanol–water partition coefficient (Wildman–Crippen LogP) is 12.0. The fourth-order valence-electron chi connectivity index (χ4n) is 5.93. The van der Waals surface area contributed by atoms with Gasteiger partial charge in [0, 0.05) is 12.8 Å². The maximum absolute atomic E-state index is 12.8. The molecule has 0 aliphatic carbocycles. The van der Waals surface area contributed by atoms with E-state index in [0.717, 1.165) is 70.6 Å². The summed E-state index contributed by atoms with van der Waals surface area (Å²) in [5, 5.41) is 0. The molecule has 1 N–H and O–H groups in total. The summed E-state index contributed by atoms with van der Waals surface area (Å²) < 4.78 is 40.1. The third-order valence-corrected chi connectivity index (χ3v) is 10.6. The number of carbonyl (C=O) groups excluding carboxylic acids is 2. The molecule has 59 heavy (non-hydrogen) atoms. The minimum Gasteiger partial charge on any atom is -0.462 e. The molecular formula is C48H83NO9P+. The highest BCUT2D eigenvalue weighted by Gasteiger charge is 2.37. The van der Waals surface area contributed by atoms with Crippen LogP contribution in [0.2, 0.25) is 0 Å². The second-order valence-electron chi connectivity index (χ2n) is 16.5. The molecule has 1 aliphatic rings. The van der Waals surface area contributed by atoms with Crippen LogP contribution in [0, 0.1) is 0 Å². The number of rotatable bonds is 39. The van der Waals surface area contributed by atoms with E-state index < -0.39 is 32.5 Å². The summed E-state index contributed by atoms with van der Waals surface area (Å²) in [6.45, 7) is 4.23.